The zero-order chi connectivity index (χ0) is 30.5. The number of methoxy groups -OCH3 is 1. The number of nitrogens with one attached hydrogen (secondary N) is 1. The normalized spacial score (nSPS) is 18.5. The lowest BCUT2D eigenvalue weighted by Gasteiger charge is -2.29. The van der Waals surface area contributed by atoms with Gasteiger partial charge in [-0.15, -0.1) is 5.10 Å². The summed E-state index contributed by atoms with van der Waals surface area (Å²) in [4.78, 5) is 52.0. The molecule has 2 heterocycles. The number of phenolic OH excluding ortho intramolecular Hbond substituents is 2. The molecule has 3 aromatic rings. The first-order valence-corrected chi connectivity index (χ1v) is 13.0. The summed E-state index contributed by atoms with van der Waals surface area (Å²) in [5.41, 5.74) is -0.712. The number of benzene rings is 2. The van der Waals surface area contributed by atoms with Gasteiger partial charge in [-0.05, 0) is 52.0 Å². The van der Waals surface area contributed by atoms with Crippen LogP contribution in [-0.4, -0.2) is 55.4 Å². The van der Waals surface area contributed by atoms with E-state index in [9.17, 15) is 29.4 Å². The Morgan fingerprint density at radius 1 is 1.12 bits per heavy atom. The molecule has 0 bridgehead atoms. The zero-order valence-corrected chi connectivity index (χ0v) is 23.6. The van der Waals surface area contributed by atoms with Gasteiger partial charge in [0.05, 0.1) is 31.0 Å². The lowest BCUT2D eigenvalue weighted by atomic mass is 9.70. The van der Waals surface area contributed by atoms with Crippen molar-refractivity contribution < 1.29 is 38.9 Å². The van der Waals surface area contributed by atoms with Crippen LogP contribution in [0.3, 0.4) is 0 Å². The molecule has 0 amide bonds. The molecule has 5 rings (SSSR count). The third-order valence-corrected chi connectivity index (χ3v) is 7.60. The number of phenols is 2. The Labute approximate surface area is 240 Å². The highest BCUT2D eigenvalue weighted by atomic mass is 16.5. The maximum Gasteiger partial charge on any atom is 0.194 e. The minimum absolute atomic E-state index is 0.0153. The SMILES string of the molecule is COc1ccc(C(=O)Cn2cc(CN/C(C)=C3\C(=O)C=C4Oc5c(C(C)=O)c(O)c(C)c(O)c5C4(C)C3=O)nn2)cc1. The second-order valence-corrected chi connectivity index (χ2v) is 10.3. The average Bonchev–Trinajstić information content (AvgIpc) is 3.52. The van der Waals surface area contributed by atoms with Gasteiger partial charge >= 0.3 is 0 Å². The van der Waals surface area contributed by atoms with Crippen LogP contribution in [0.5, 0.6) is 23.0 Å². The summed E-state index contributed by atoms with van der Waals surface area (Å²) in [5.74, 6) is -2.37. The maximum atomic E-state index is 13.9. The summed E-state index contributed by atoms with van der Waals surface area (Å²) < 4.78 is 12.3. The number of rotatable bonds is 8. The molecule has 0 fully saturated rings. The van der Waals surface area contributed by atoms with Gasteiger partial charge in [0.15, 0.2) is 23.1 Å². The minimum Gasteiger partial charge on any atom is -0.507 e. The second kappa shape index (κ2) is 10.3. The van der Waals surface area contributed by atoms with E-state index in [1.807, 2.05) is 0 Å². The first-order valence-electron chi connectivity index (χ1n) is 13.0. The van der Waals surface area contributed by atoms with E-state index in [-0.39, 0.29) is 58.3 Å². The molecular formula is C30H28N4O8. The number of carbonyl (C=O) groups is 4. The van der Waals surface area contributed by atoms with Crippen LogP contribution in [0.1, 0.15) is 58.3 Å². The minimum atomic E-state index is -1.61. The lowest BCUT2D eigenvalue weighted by Crippen LogP contribution is -2.41. The quantitative estimate of drug-likeness (QED) is 0.206. The molecule has 3 N–H and O–H groups in total. The van der Waals surface area contributed by atoms with E-state index in [1.165, 1.54) is 25.5 Å². The van der Waals surface area contributed by atoms with Crippen LogP contribution >= 0.6 is 0 Å². The van der Waals surface area contributed by atoms with Gasteiger partial charge in [-0.3, -0.25) is 19.2 Å². The Balaban J connectivity index is 1.38. The summed E-state index contributed by atoms with van der Waals surface area (Å²) in [6, 6.07) is 6.70. The van der Waals surface area contributed by atoms with Crippen LogP contribution < -0.4 is 14.8 Å². The van der Waals surface area contributed by atoms with Gasteiger partial charge in [-0.2, -0.15) is 0 Å². The number of allylic oxidation sites excluding steroid dienone is 4. The van der Waals surface area contributed by atoms with E-state index in [2.05, 4.69) is 15.6 Å². The Morgan fingerprint density at radius 3 is 2.45 bits per heavy atom. The number of hydrogen-bond donors (Lipinski definition) is 3. The monoisotopic (exact) mass is 572 g/mol. The number of Topliss-reactive ketones (excluding diaryl/α,β-unsaturated/α-hetero) is 3. The molecule has 1 unspecified atom stereocenters. The van der Waals surface area contributed by atoms with E-state index in [4.69, 9.17) is 9.47 Å². The molecule has 12 heteroatoms. The smallest absolute Gasteiger partial charge is 0.194 e. The molecule has 12 nitrogen and oxygen atoms in total. The van der Waals surface area contributed by atoms with Gasteiger partial charge in [0.1, 0.15) is 52.0 Å². The fourth-order valence-corrected chi connectivity index (χ4v) is 5.19. The van der Waals surface area contributed by atoms with Crippen molar-refractivity contribution in [3.8, 4) is 23.0 Å². The maximum absolute atomic E-state index is 13.9. The summed E-state index contributed by atoms with van der Waals surface area (Å²) in [7, 11) is 1.54. The molecule has 1 aromatic heterocycles. The van der Waals surface area contributed by atoms with Gasteiger partial charge in [0.25, 0.3) is 0 Å². The van der Waals surface area contributed by atoms with Gasteiger partial charge in [-0.1, -0.05) is 5.21 Å². The predicted octanol–water partition coefficient (Wildman–Crippen LogP) is 2.84. The van der Waals surface area contributed by atoms with Crippen molar-refractivity contribution in [2.24, 2.45) is 0 Å². The van der Waals surface area contributed by atoms with Gasteiger partial charge < -0.3 is 25.0 Å². The van der Waals surface area contributed by atoms with Crippen molar-refractivity contribution >= 4 is 23.1 Å². The van der Waals surface area contributed by atoms with E-state index in [0.29, 0.717) is 17.0 Å². The zero-order valence-electron chi connectivity index (χ0n) is 23.6. The summed E-state index contributed by atoms with van der Waals surface area (Å²) in [6.07, 6.45) is 2.73. The number of ketones is 4. The molecule has 0 saturated carbocycles. The number of fused-ring (bicyclic) bond motifs is 3. The van der Waals surface area contributed by atoms with E-state index >= 15 is 0 Å². The van der Waals surface area contributed by atoms with Crippen molar-refractivity contribution in [2.45, 2.75) is 46.2 Å². The van der Waals surface area contributed by atoms with Gasteiger partial charge in [0.2, 0.25) is 0 Å². The third kappa shape index (κ3) is 4.41. The molecular weight excluding hydrogens is 544 g/mol. The number of carbonyl (C=O) groups excluding carboxylic acids is 4. The first kappa shape index (κ1) is 28.3. The van der Waals surface area contributed by atoms with E-state index in [0.717, 1.165) is 6.08 Å². The highest BCUT2D eigenvalue weighted by molar-refractivity contribution is 6.31. The largest absolute Gasteiger partial charge is 0.507 e. The van der Waals surface area contributed by atoms with Crippen LogP contribution in [0.4, 0.5) is 0 Å². The molecule has 1 aliphatic heterocycles. The molecule has 1 atom stereocenters. The van der Waals surface area contributed by atoms with Gasteiger partial charge in [0, 0.05) is 22.9 Å². The van der Waals surface area contributed by atoms with Crippen molar-refractivity contribution in [3.63, 3.8) is 0 Å². The molecule has 2 aliphatic rings. The Morgan fingerprint density at radius 2 is 1.81 bits per heavy atom. The Bertz CT molecular complexity index is 1750. The molecule has 0 spiro atoms. The van der Waals surface area contributed by atoms with Crippen LogP contribution in [0, 0.1) is 6.92 Å². The van der Waals surface area contributed by atoms with E-state index in [1.54, 1.807) is 44.5 Å². The molecule has 42 heavy (non-hydrogen) atoms. The van der Waals surface area contributed by atoms with Crippen molar-refractivity contribution in [2.75, 3.05) is 7.11 Å². The van der Waals surface area contributed by atoms with Crippen LogP contribution in [0.15, 0.2) is 53.6 Å². The Hall–Kier alpha value is -5.26. The topological polar surface area (TPSA) is 170 Å². The number of nitrogens with zero attached hydrogens (tertiary/aromatic N) is 3. The average molecular weight is 573 g/mol. The molecule has 0 saturated heterocycles. The number of aromatic nitrogens is 3. The molecule has 2 aromatic carbocycles. The highest BCUT2D eigenvalue weighted by Gasteiger charge is 2.56. The summed E-state index contributed by atoms with van der Waals surface area (Å²) >= 11 is 0. The highest BCUT2D eigenvalue weighted by Crippen LogP contribution is 2.57. The van der Waals surface area contributed by atoms with Gasteiger partial charge in [-0.25, -0.2) is 4.68 Å². The summed E-state index contributed by atoms with van der Waals surface area (Å²) in [6.45, 7) is 5.76. The number of hydrogen-bond acceptors (Lipinski definition) is 11. The van der Waals surface area contributed by atoms with Crippen molar-refractivity contribution in [1.29, 1.82) is 0 Å². The van der Waals surface area contributed by atoms with Crippen LogP contribution in [0.2, 0.25) is 0 Å². The van der Waals surface area contributed by atoms with Crippen LogP contribution in [-0.2, 0) is 28.1 Å². The fourth-order valence-electron chi connectivity index (χ4n) is 5.19. The fraction of sp³-hybridized carbons (Fsp3) is 0.267. The molecule has 0 radical (unpaired) electrons. The predicted molar refractivity (Wildman–Crippen MR) is 147 cm³/mol. The lowest BCUT2D eigenvalue weighted by molar-refractivity contribution is -0.123. The van der Waals surface area contributed by atoms with Crippen molar-refractivity contribution in [3.05, 3.63) is 81.5 Å². The summed E-state index contributed by atoms with van der Waals surface area (Å²) in [5, 5.41) is 32.5. The first-order chi connectivity index (χ1) is 19.9. The molecule has 1 aliphatic carbocycles. The number of ether oxygens (including phenoxy) is 2. The Kier molecular flexibility index (Phi) is 6.93. The van der Waals surface area contributed by atoms with E-state index < -0.39 is 34.3 Å². The molecule has 216 valence electrons. The standard InChI is InChI=1S/C30H28N4O8/c1-14-26(38)24(16(3)35)28-25(27(14)39)30(4)22(42-28)10-20(36)23(29(30)40)15(2)31-11-18-12-34(33-32-18)13-21(37)17-6-8-19(41-5)9-7-17/h6-10,12,31,38-39H,11,13H2,1-5H3/b23-15+. The van der Waals surface area contributed by atoms with Crippen LogP contribution in [0.25, 0.3) is 0 Å². The number of aromatic hydroxyl groups is 2. The van der Waals surface area contributed by atoms with Crippen molar-refractivity contribution in [1.82, 2.24) is 20.3 Å². The second-order valence-electron chi connectivity index (χ2n) is 10.3. The third-order valence-electron chi connectivity index (χ3n) is 7.60.